The van der Waals surface area contributed by atoms with Gasteiger partial charge >= 0.3 is 0 Å². The van der Waals surface area contributed by atoms with Gasteiger partial charge in [-0.25, -0.2) is 9.67 Å². The largest absolute Gasteiger partial charge is 0.466 e. The number of nitrogens with one attached hydrogen (secondary N) is 2. The number of rotatable bonds is 3. The summed E-state index contributed by atoms with van der Waals surface area (Å²) in [5.41, 5.74) is 6.30. The van der Waals surface area contributed by atoms with E-state index in [-0.39, 0.29) is 0 Å². The molecular weight excluding hydrogens is 310 g/mol. The molecule has 2 N–H and O–H groups in total. The summed E-state index contributed by atoms with van der Waals surface area (Å²) >= 11 is 0. The lowest BCUT2D eigenvalue weighted by Crippen LogP contribution is -2.41. The van der Waals surface area contributed by atoms with E-state index in [1.54, 1.807) is 55.2 Å². The number of hydrazine groups is 1. The fourth-order valence-corrected chi connectivity index (χ4v) is 2.22. The normalized spacial score (nSPS) is 10.4. The van der Waals surface area contributed by atoms with Crippen LogP contribution in [0.1, 0.15) is 32.2 Å². The number of aryl methyl sites for hydroxylation is 2. The second kappa shape index (κ2) is 6.37. The van der Waals surface area contributed by atoms with Crippen molar-refractivity contribution >= 4 is 11.8 Å². The molecule has 0 saturated carbocycles. The van der Waals surface area contributed by atoms with Gasteiger partial charge in [-0.3, -0.25) is 20.4 Å². The first-order chi connectivity index (χ1) is 11.5. The molecule has 0 aliphatic rings. The van der Waals surface area contributed by atoms with Crippen molar-refractivity contribution in [2.24, 2.45) is 0 Å². The van der Waals surface area contributed by atoms with Crippen LogP contribution in [0.25, 0.3) is 5.69 Å². The third kappa shape index (κ3) is 3.17. The van der Waals surface area contributed by atoms with Gasteiger partial charge in [0, 0.05) is 5.56 Å². The zero-order valence-electron chi connectivity index (χ0n) is 13.1. The molecule has 0 unspecified atom stereocenters. The monoisotopic (exact) mass is 325 g/mol. The smallest absolute Gasteiger partial charge is 0.273 e. The van der Waals surface area contributed by atoms with Gasteiger partial charge in [-0.05, 0) is 44.2 Å². The van der Waals surface area contributed by atoms with Crippen molar-refractivity contribution in [2.45, 2.75) is 13.8 Å². The van der Waals surface area contributed by atoms with E-state index in [1.807, 2.05) is 0 Å². The van der Waals surface area contributed by atoms with E-state index >= 15 is 0 Å². The molecule has 0 aliphatic heterocycles. The maximum Gasteiger partial charge on any atom is 0.273 e. The van der Waals surface area contributed by atoms with Gasteiger partial charge < -0.3 is 4.42 Å². The van der Waals surface area contributed by atoms with Gasteiger partial charge in [-0.1, -0.05) is 0 Å². The number of nitrogens with zero attached hydrogens (tertiary/aromatic N) is 3. The fraction of sp³-hybridized carbons (Fsp3) is 0.125. The Balaban J connectivity index is 1.63. The topological polar surface area (TPSA) is 102 Å². The number of carbonyl (C=O) groups excluding carboxylic acids is 2. The van der Waals surface area contributed by atoms with Crippen LogP contribution in [0.4, 0.5) is 0 Å². The van der Waals surface area contributed by atoms with Crippen LogP contribution < -0.4 is 10.9 Å². The van der Waals surface area contributed by atoms with Crippen molar-refractivity contribution in [1.82, 2.24) is 25.6 Å². The predicted molar refractivity (Wildman–Crippen MR) is 84.5 cm³/mol. The highest BCUT2D eigenvalue weighted by molar-refractivity contribution is 5.99. The van der Waals surface area contributed by atoms with Gasteiger partial charge in [0.05, 0.1) is 11.3 Å². The SMILES string of the molecule is Cc1cc(C(=O)NNC(=O)c2ccc(-n3cncn3)cc2)c(C)o1. The minimum atomic E-state index is -0.433. The molecule has 0 fully saturated rings. The van der Waals surface area contributed by atoms with E-state index in [0.717, 1.165) is 5.69 Å². The number of aromatic nitrogens is 3. The van der Waals surface area contributed by atoms with Gasteiger partial charge in [-0.15, -0.1) is 0 Å². The van der Waals surface area contributed by atoms with Crippen LogP contribution in [-0.2, 0) is 0 Å². The van der Waals surface area contributed by atoms with Gasteiger partial charge in [0.1, 0.15) is 24.2 Å². The summed E-state index contributed by atoms with van der Waals surface area (Å²) < 4.78 is 6.87. The summed E-state index contributed by atoms with van der Waals surface area (Å²) in [5, 5.41) is 4.00. The molecule has 0 spiro atoms. The van der Waals surface area contributed by atoms with Gasteiger partial charge in [0.25, 0.3) is 11.8 Å². The first-order valence-electron chi connectivity index (χ1n) is 7.17. The molecule has 122 valence electrons. The number of carbonyl (C=O) groups is 2. The molecule has 0 atom stereocenters. The van der Waals surface area contributed by atoms with E-state index in [9.17, 15) is 9.59 Å². The molecule has 2 heterocycles. The molecular formula is C16H15N5O3. The van der Waals surface area contributed by atoms with Crippen LogP contribution in [0.2, 0.25) is 0 Å². The molecule has 0 saturated heterocycles. The number of hydrogen-bond donors (Lipinski definition) is 2. The zero-order chi connectivity index (χ0) is 17.1. The Kier molecular flexibility index (Phi) is 4.11. The van der Waals surface area contributed by atoms with Gasteiger partial charge in [0.15, 0.2) is 0 Å². The van der Waals surface area contributed by atoms with Crippen LogP contribution in [0.3, 0.4) is 0 Å². The summed E-state index contributed by atoms with van der Waals surface area (Å²) in [6.07, 6.45) is 2.99. The maximum atomic E-state index is 12.1. The van der Waals surface area contributed by atoms with E-state index in [1.165, 1.54) is 6.33 Å². The molecule has 2 aromatic heterocycles. The Hall–Kier alpha value is -3.42. The molecule has 0 radical (unpaired) electrons. The van der Waals surface area contributed by atoms with Gasteiger partial charge in [0.2, 0.25) is 0 Å². The molecule has 8 heteroatoms. The van der Waals surface area contributed by atoms with Crippen molar-refractivity contribution in [1.29, 1.82) is 0 Å². The Morgan fingerprint density at radius 2 is 1.79 bits per heavy atom. The Labute approximate surface area is 137 Å². The summed E-state index contributed by atoms with van der Waals surface area (Å²) in [6, 6.07) is 8.34. The third-order valence-corrected chi connectivity index (χ3v) is 3.39. The number of amides is 2. The van der Waals surface area contributed by atoms with Crippen LogP contribution in [-0.4, -0.2) is 26.6 Å². The molecule has 2 amide bonds. The molecule has 0 aliphatic carbocycles. The highest BCUT2D eigenvalue weighted by Crippen LogP contribution is 2.13. The minimum Gasteiger partial charge on any atom is -0.466 e. The Morgan fingerprint density at radius 1 is 1.08 bits per heavy atom. The lowest BCUT2D eigenvalue weighted by atomic mass is 10.2. The van der Waals surface area contributed by atoms with E-state index < -0.39 is 11.8 Å². The van der Waals surface area contributed by atoms with Crippen molar-refractivity contribution in [3.8, 4) is 5.69 Å². The number of benzene rings is 1. The molecule has 1 aromatic carbocycles. The summed E-state index contributed by atoms with van der Waals surface area (Å²) in [5.74, 6) is 0.271. The highest BCUT2D eigenvalue weighted by Gasteiger charge is 2.14. The van der Waals surface area contributed by atoms with Crippen LogP contribution in [0.5, 0.6) is 0 Å². The molecule has 24 heavy (non-hydrogen) atoms. The average molecular weight is 325 g/mol. The zero-order valence-corrected chi connectivity index (χ0v) is 13.1. The summed E-state index contributed by atoms with van der Waals surface area (Å²) in [6.45, 7) is 3.44. The van der Waals surface area contributed by atoms with Gasteiger partial charge in [-0.2, -0.15) is 5.10 Å². The molecule has 3 aromatic rings. The average Bonchev–Trinajstić information content (AvgIpc) is 3.22. The second-order valence-electron chi connectivity index (χ2n) is 5.12. The quantitative estimate of drug-likeness (QED) is 0.711. The summed E-state index contributed by atoms with van der Waals surface area (Å²) in [4.78, 5) is 28.0. The second-order valence-corrected chi connectivity index (χ2v) is 5.12. The van der Waals surface area contributed by atoms with Crippen LogP contribution >= 0.6 is 0 Å². The number of furan rings is 1. The first-order valence-corrected chi connectivity index (χ1v) is 7.17. The molecule has 0 bridgehead atoms. The third-order valence-electron chi connectivity index (χ3n) is 3.39. The van der Waals surface area contributed by atoms with Crippen molar-refractivity contribution < 1.29 is 14.0 Å². The Morgan fingerprint density at radius 3 is 2.38 bits per heavy atom. The van der Waals surface area contributed by atoms with Crippen molar-refractivity contribution in [3.05, 3.63) is 65.6 Å². The fourth-order valence-electron chi connectivity index (χ4n) is 2.22. The standard InChI is InChI=1S/C16H15N5O3/c1-10-7-14(11(2)24-10)16(23)20-19-15(22)12-3-5-13(6-4-12)21-9-17-8-18-21/h3-9H,1-2H3,(H,19,22)(H,20,23). The first kappa shape index (κ1) is 15.5. The van der Waals surface area contributed by atoms with Crippen molar-refractivity contribution in [3.63, 3.8) is 0 Å². The lowest BCUT2D eigenvalue weighted by Gasteiger charge is -2.07. The number of hydrogen-bond acceptors (Lipinski definition) is 5. The Bertz CT molecular complexity index is 866. The maximum absolute atomic E-state index is 12.1. The van der Waals surface area contributed by atoms with E-state index in [0.29, 0.717) is 22.6 Å². The minimum absolute atomic E-state index is 0.384. The predicted octanol–water partition coefficient (Wildman–Crippen LogP) is 1.55. The molecule has 8 nitrogen and oxygen atoms in total. The summed E-state index contributed by atoms with van der Waals surface area (Å²) in [7, 11) is 0. The van der Waals surface area contributed by atoms with Crippen LogP contribution in [0.15, 0.2) is 47.4 Å². The molecule has 3 rings (SSSR count). The van der Waals surface area contributed by atoms with Crippen molar-refractivity contribution in [2.75, 3.05) is 0 Å². The van der Waals surface area contributed by atoms with Crippen LogP contribution in [0, 0.1) is 13.8 Å². The highest BCUT2D eigenvalue weighted by atomic mass is 16.3. The van der Waals surface area contributed by atoms with E-state index in [4.69, 9.17) is 4.42 Å². The van der Waals surface area contributed by atoms with E-state index in [2.05, 4.69) is 20.9 Å². The lowest BCUT2D eigenvalue weighted by molar-refractivity contribution is 0.0845.